The zero-order chi connectivity index (χ0) is 20.4. The third-order valence-electron chi connectivity index (χ3n) is 5.57. The number of fused-ring (bicyclic) bond motifs is 2. The predicted molar refractivity (Wildman–Crippen MR) is 110 cm³/mol. The number of amides is 1. The van der Waals surface area contributed by atoms with Crippen LogP contribution in [0.2, 0.25) is 5.02 Å². The summed E-state index contributed by atoms with van der Waals surface area (Å²) in [6.45, 7) is 4.62. The molecule has 29 heavy (non-hydrogen) atoms. The first-order chi connectivity index (χ1) is 14.0. The minimum atomic E-state index is -0.136. The Balaban J connectivity index is 1.49. The molecule has 2 aromatic carbocycles. The van der Waals surface area contributed by atoms with Gasteiger partial charge in [-0.2, -0.15) is 5.26 Å². The number of hydrogen-bond acceptors (Lipinski definition) is 4. The second-order valence-corrected chi connectivity index (χ2v) is 7.89. The number of carbonyl (C=O) groups is 1. The average Bonchev–Trinajstić information content (AvgIpc) is 2.94. The minimum absolute atomic E-state index is 0.136. The largest absolute Gasteiger partial charge is 0.490 e. The molecule has 0 radical (unpaired) electrons. The first-order valence-electron chi connectivity index (χ1n) is 9.81. The third-order valence-corrected chi connectivity index (χ3v) is 5.80. The molecule has 2 N–H and O–H groups in total. The Bertz CT molecular complexity index is 986. The van der Waals surface area contributed by atoms with Crippen molar-refractivity contribution in [1.82, 2.24) is 0 Å². The second kappa shape index (κ2) is 8.32. The lowest BCUT2D eigenvalue weighted by Crippen LogP contribution is -3.14. The molecular weight excluding hydrogens is 390 g/mol. The Kier molecular flexibility index (Phi) is 5.61. The van der Waals surface area contributed by atoms with Crippen molar-refractivity contribution in [2.45, 2.75) is 25.8 Å². The van der Waals surface area contributed by atoms with E-state index in [0.717, 1.165) is 30.9 Å². The zero-order valence-corrected chi connectivity index (χ0v) is 17.0. The Morgan fingerprint density at radius 1 is 1.28 bits per heavy atom. The van der Waals surface area contributed by atoms with Crippen LogP contribution in [0.5, 0.6) is 11.5 Å². The van der Waals surface area contributed by atoms with Crippen molar-refractivity contribution >= 4 is 23.2 Å². The van der Waals surface area contributed by atoms with Gasteiger partial charge >= 0.3 is 0 Å². The SMILES string of the molecule is C[C@@H]1c2cc3c(cc2CC[NH+]1CC(=O)Nc1cc(Cl)ccc1C#N)OCCCO3. The molecule has 2 aliphatic heterocycles. The van der Waals surface area contributed by atoms with E-state index in [1.807, 2.05) is 0 Å². The highest BCUT2D eigenvalue weighted by Crippen LogP contribution is 2.35. The number of halogens is 1. The van der Waals surface area contributed by atoms with Crippen molar-refractivity contribution in [2.75, 3.05) is 31.6 Å². The first kappa shape index (κ1) is 19.6. The van der Waals surface area contributed by atoms with Gasteiger partial charge in [-0.3, -0.25) is 4.79 Å². The Morgan fingerprint density at radius 3 is 2.79 bits per heavy atom. The lowest BCUT2D eigenvalue weighted by Gasteiger charge is -2.32. The van der Waals surface area contributed by atoms with Crippen molar-refractivity contribution in [3.05, 3.63) is 52.0 Å². The predicted octanol–water partition coefficient (Wildman–Crippen LogP) is 2.51. The molecule has 0 saturated carbocycles. The first-order valence-corrected chi connectivity index (χ1v) is 10.2. The molecular formula is C22H23ClN3O3+. The highest BCUT2D eigenvalue weighted by Gasteiger charge is 2.31. The van der Waals surface area contributed by atoms with Gasteiger partial charge in [0.15, 0.2) is 18.0 Å². The number of ether oxygens (including phenoxy) is 2. The monoisotopic (exact) mass is 412 g/mol. The summed E-state index contributed by atoms with van der Waals surface area (Å²) in [4.78, 5) is 13.8. The number of benzene rings is 2. The molecule has 7 heteroatoms. The van der Waals surface area contributed by atoms with Gasteiger partial charge in [0, 0.05) is 23.4 Å². The molecule has 2 heterocycles. The summed E-state index contributed by atoms with van der Waals surface area (Å²) in [5, 5.41) is 12.6. The smallest absolute Gasteiger partial charge is 0.279 e. The van der Waals surface area contributed by atoms with Crippen LogP contribution in [0, 0.1) is 11.3 Å². The van der Waals surface area contributed by atoms with Crippen LogP contribution >= 0.6 is 11.6 Å². The molecule has 2 aliphatic rings. The number of hydrogen-bond donors (Lipinski definition) is 2. The van der Waals surface area contributed by atoms with Crippen molar-refractivity contribution in [2.24, 2.45) is 0 Å². The molecule has 0 bridgehead atoms. The topological polar surface area (TPSA) is 75.8 Å². The summed E-state index contributed by atoms with van der Waals surface area (Å²) in [7, 11) is 0. The van der Waals surface area contributed by atoms with Crippen LogP contribution in [-0.4, -0.2) is 32.2 Å². The van der Waals surface area contributed by atoms with Crippen LogP contribution in [0.25, 0.3) is 0 Å². The van der Waals surface area contributed by atoms with E-state index in [2.05, 4.69) is 30.4 Å². The summed E-state index contributed by atoms with van der Waals surface area (Å²) in [5.41, 5.74) is 3.30. The second-order valence-electron chi connectivity index (χ2n) is 7.45. The van der Waals surface area contributed by atoms with E-state index in [-0.39, 0.29) is 11.9 Å². The normalized spacial score (nSPS) is 20.2. The summed E-state index contributed by atoms with van der Waals surface area (Å²) < 4.78 is 11.6. The average molecular weight is 413 g/mol. The quantitative estimate of drug-likeness (QED) is 0.812. The fourth-order valence-electron chi connectivity index (χ4n) is 3.98. The fraction of sp³-hybridized carbons (Fsp3) is 0.364. The van der Waals surface area contributed by atoms with Crippen LogP contribution in [0.3, 0.4) is 0 Å². The number of carbonyl (C=O) groups excluding carboxylic acids is 1. The van der Waals surface area contributed by atoms with E-state index in [1.54, 1.807) is 18.2 Å². The Labute approximate surface area is 175 Å². The molecule has 4 rings (SSSR count). The zero-order valence-electron chi connectivity index (χ0n) is 16.3. The molecule has 0 spiro atoms. The highest BCUT2D eigenvalue weighted by molar-refractivity contribution is 6.31. The van der Waals surface area contributed by atoms with Gasteiger partial charge in [-0.05, 0) is 42.8 Å². The molecule has 0 aromatic heterocycles. The van der Waals surface area contributed by atoms with E-state index in [1.165, 1.54) is 16.0 Å². The minimum Gasteiger partial charge on any atom is -0.490 e. The van der Waals surface area contributed by atoms with Crippen LogP contribution in [0.4, 0.5) is 5.69 Å². The standard InChI is InChI=1S/C22H22ClN3O3/c1-14-18-11-21-20(28-7-2-8-29-21)9-15(18)5-6-26(14)13-22(27)25-19-10-17(23)4-3-16(19)12-24/h3-4,9-11,14H,2,5-8,13H2,1H3,(H,25,27)/p+1/t14-/m1/s1. The van der Waals surface area contributed by atoms with Crippen molar-refractivity contribution in [3.63, 3.8) is 0 Å². The molecule has 150 valence electrons. The lowest BCUT2D eigenvalue weighted by atomic mass is 9.93. The summed E-state index contributed by atoms with van der Waals surface area (Å²) in [6, 6.07) is 11.2. The molecule has 6 nitrogen and oxygen atoms in total. The Hall–Kier alpha value is -2.75. The molecule has 1 amide bonds. The van der Waals surface area contributed by atoms with Crippen LogP contribution in [0.1, 0.15) is 36.1 Å². The number of nitrogens with zero attached hydrogens (tertiary/aromatic N) is 1. The maximum absolute atomic E-state index is 12.7. The van der Waals surface area contributed by atoms with Gasteiger partial charge in [-0.25, -0.2) is 0 Å². The third kappa shape index (κ3) is 4.16. The Morgan fingerprint density at radius 2 is 2.03 bits per heavy atom. The summed E-state index contributed by atoms with van der Waals surface area (Å²) >= 11 is 6.01. The van der Waals surface area contributed by atoms with Crippen LogP contribution in [-0.2, 0) is 11.2 Å². The lowest BCUT2D eigenvalue weighted by molar-refractivity contribution is -0.924. The molecule has 2 atom stereocenters. The number of nitriles is 1. The van der Waals surface area contributed by atoms with Gasteiger partial charge in [0.05, 0.1) is 31.0 Å². The van der Waals surface area contributed by atoms with E-state index in [9.17, 15) is 10.1 Å². The van der Waals surface area contributed by atoms with Gasteiger partial charge in [0.1, 0.15) is 12.1 Å². The maximum Gasteiger partial charge on any atom is 0.279 e. The van der Waals surface area contributed by atoms with E-state index < -0.39 is 0 Å². The molecule has 0 aliphatic carbocycles. The number of nitrogens with one attached hydrogen (secondary N) is 2. The summed E-state index contributed by atoms with van der Waals surface area (Å²) in [5.74, 6) is 1.47. The number of rotatable bonds is 3. The van der Waals surface area contributed by atoms with Crippen LogP contribution < -0.4 is 19.7 Å². The maximum atomic E-state index is 12.7. The fourth-order valence-corrected chi connectivity index (χ4v) is 4.15. The highest BCUT2D eigenvalue weighted by atomic mass is 35.5. The summed E-state index contributed by atoms with van der Waals surface area (Å²) in [6.07, 6.45) is 1.75. The molecule has 2 aromatic rings. The van der Waals surface area contributed by atoms with Gasteiger partial charge in [-0.1, -0.05) is 11.6 Å². The van der Waals surface area contributed by atoms with E-state index in [4.69, 9.17) is 21.1 Å². The van der Waals surface area contributed by atoms with Gasteiger partial charge < -0.3 is 19.7 Å². The van der Waals surface area contributed by atoms with Crippen molar-refractivity contribution < 1.29 is 19.2 Å². The van der Waals surface area contributed by atoms with Gasteiger partial charge in [0.25, 0.3) is 5.91 Å². The number of anilines is 1. The molecule has 0 saturated heterocycles. The van der Waals surface area contributed by atoms with Crippen molar-refractivity contribution in [1.29, 1.82) is 5.26 Å². The molecule has 0 fully saturated rings. The van der Waals surface area contributed by atoms with E-state index >= 15 is 0 Å². The van der Waals surface area contributed by atoms with Gasteiger partial charge in [0.2, 0.25) is 0 Å². The number of quaternary nitrogens is 1. The van der Waals surface area contributed by atoms with Crippen LogP contribution in [0.15, 0.2) is 30.3 Å². The molecule has 1 unspecified atom stereocenters. The van der Waals surface area contributed by atoms with Gasteiger partial charge in [-0.15, -0.1) is 0 Å². The van der Waals surface area contributed by atoms with E-state index in [0.29, 0.717) is 36.0 Å². The van der Waals surface area contributed by atoms with Crippen molar-refractivity contribution in [3.8, 4) is 17.6 Å².